The second-order valence-corrected chi connectivity index (χ2v) is 6.08. The summed E-state index contributed by atoms with van der Waals surface area (Å²) in [5.41, 5.74) is 2.64. The Morgan fingerprint density at radius 2 is 1.96 bits per heavy atom. The molecule has 3 rings (SSSR count). The molecular formula is C19H21N3O3. The topological polar surface area (TPSA) is 78.3 Å². The van der Waals surface area contributed by atoms with Gasteiger partial charge in [0.25, 0.3) is 5.91 Å². The number of aliphatic hydroxyl groups excluding tert-OH is 1. The summed E-state index contributed by atoms with van der Waals surface area (Å²) in [6.07, 6.45) is 0.455. The van der Waals surface area contributed by atoms with Crippen LogP contribution in [0.15, 0.2) is 53.3 Å². The van der Waals surface area contributed by atoms with Crippen LogP contribution in [0.2, 0.25) is 0 Å². The summed E-state index contributed by atoms with van der Waals surface area (Å²) in [5, 5.41) is 9.39. The predicted octanol–water partition coefficient (Wildman–Crippen LogP) is 2.06. The number of aromatic nitrogens is 2. The summed E-state index contributed by atoms with van der Waals surface area (Å²) in [6.45, 7) is -0.0117. The van der Waals surface area contributed by atoms with E-state index in [2.05, 4.69) is 4.98 Å². The number of imidazole rings is 1. The number of H-pyrrole nitrogens is 1. The fourth-order valence-electron chi connectivity index (χ4n) is 3.10. The molecule has 0 fully saturated rings. The van der Waals surface area contributed by atoms with Crippen molar-refractivity contribution in [1.29, 1.82) is 0 Å². The van der Waals surface area contributed by atoms with E-state index in [0.717, 1.165) is 11.1 Å². The first kappa shape index (κ1) is 17.0. The molecule has 0 aliphatic heterocycles. The second kappa shape index (κ2) is 6.94. The van der Waals surface area contributed by atoms with Gasteiger partial charge >= 0.3 is 5.69 Å². The Kier molecular flexibility index (Phi) is 4.72. The lowest BCUT2D eigenvalue weighted by molar-refractivity contribution is 0.0705. The first-order valence-electron chi connectivity index (χ1n) is 8.14. The van der Waals surface area contributed by atoms with E-state index in [-0.39, 0.29) is 24.2 Å². The summed E-state index contributed by atoms with van der Waals surface area (Å²) >= 11 is 0. The van der Waals surface area contributed by atoms with E-state index in [1.54, 1.807) is 37.2 Å². The van der Waals surface area contributed by atoms with Crippen molar-refractivity contribution in [1.82, 2.24) is 14.5 Å². The number of carbonyl (C=O) groups excluding carboxylic acids is 1. The van der Waals surface area contributed by atoms with Gasteiger partial charge in [0, 0.05) is 26.3 Å². The molecular weight excluding hydrogens is 318 g/mol. The van der Waals surface area contributed by atoms with Gasteiger partial charge in [-0.05, 0) is 30.2 Å². The average molecular weight is 339 g/mol. The molecule has 2 N–H and O–H groups in total. The quantitative estimate of drug-likeness (QED) is 0.747. The van der Waals surface area contributed by atoms with E-state index in [0.29, 0.717) is 17.5 Å². The number of aromatic amines is 1. The molecule has 2 aromatic carbocycles. The summed E-state index contributed by atoms with van der Waals surface area (Å²) in [7, 11) is 3.41. The van der Waals surface area contributed by atoms with E-state index in [9.17, 15) is 14.7 Å². The zero-order valence-corrected chi connectivity index (χ0v) is 14.3. The lowest BCUT2D eigenvalue weighted by Crippen LogP contribution is -2.31. The largest absolute Gasteiger partial charge is 0.396 e. The van der Waals surface area contributed by atoms with Crippen LogP contribution in [-0.2, 0) is 7.05 Å². The standard InChI is InChI=1S/C19H21N3O3/c1-21(16(10-11-23)13-6-4-3-5-7-13)18(24)14-8-9-17-15(12-14)20-19(25)22(17)2/h3-9,12,16,23H,10-11H2,1-2H3,(H,20,25). The fourth-order valence-corrected chi connectivity index (χ4v) is 3.10. The normalized spacial score (nSPS) is 12.3. The molecule has 1 amide bonds. The maximum Gasteiger partial charge on any atom is 0.326 e. The molecule has 0 bridgehead atoms. The van der Waals surface area contributed by atoms with Gasteiger partial charge in [-0.2, -0.15) is 0 Å². The maximum absolute atomic E-state index is 12.9. The molecule has 6 heteroatoms. The number of benzene rings is 2. The molecule has 1 unspecified atom stereocenters. The van der Waals surface area contributed by atoms with E-state index >= 15 is 0 Å². The van der Waals surface area contributed by atoms with Crippen LogP contribution in [-0.4, -0.2) is 39.1 Å². The van der Waals surface area contributed by atoms with E-state index < -0.39 is 0 Å². The molecule has 130 valence electrons. The average Bonchev–Trinajstić information content (AvgIpc) is 2.92. The lowest BCUT2D eigenvalue weighted by atomic mass is 10.0. The van der Waals surface area contributed by atoms with Crippen molar-refractivity contribution in [3.8, 4) is 0 Å². The van der Waals surface area contributed by atoms with E-state index in [4.69, 9.17) is 0 Å². The molecule has 0 saturated carbocycles. The summed E-state index contributed by atoms with van der Waals surface area (Å²) in [4.78, 5) is 29.0. The Labute approximate surface area is 145 Å². The monoisotopic (exact) mass is 339 g/mol. The number of amides is 1. The third kappa shape index (κ3) is 3.21. The van der Waals surface area contributed by atoms with Crippen LogP contribution in [0.25, 0.3) is 11.0 Å². The van der Waals surface area contributed by atoms with Gasteiger partial charge in [-0.15, -0.1) is 0 Å². The number of rotatable bonds is 5. The zero-order chi connectivity index (χ0) is 18.0. The van der Waals surface area contributed by atoms with Crippen LogP contribution in [0.4, 0.5) is 0 Å². The van der Waals surface area contributed by atoms with Gasteiger partial charge in [-0.25, -0.2) is 4.79 Å². The third-order valence-electron chi connectivity index (χ3n) is 4.53. The molecule has 0 saturated heterocycles. The van der Waals surface area contributed by atoms with Crippen molar-refractivity contribution in [2.75, 3.05) is 13.7 Å². The molecule has 1 heterocycles. The number of hydrogen-bond donors (Lipinski definition) is 2. The van der Waals surface area contributed by atoms with Crippen LogP contribution >= 0.6 is 0 Å². The van der Waals surface area contributed by atoms with E-state index in [1.165, 1.54) is 4.57 Å². The second-order valence-electron chi connectivity index (χ2n) is 6.08. The molecule has 25 heavy (non-hydrogen) atoms. The highest BCUT2D eigenvalue weighted by molar-refractivity contribution is 5.97. The van der Waals surface area contributed by atoms with Gasteiger partial charge in [0.05, 0.1) is 17.1 Å². The molecule has 1 atom stereocenters. The molecule has 3 aromatic rings. The summed E-state index contributed by atoms with van der Waals surface area (Å²) < 4.78 is 1.51. The van der Waals surface area contributed by atoms with Crippen LogP contribution in [0.5, 0.6) is 0 Å². The number of nitrogens with zero attached hydrogens (tertiary/aromatic N) is 2. The molecule has 6 nitrogen and oxygen atoms in total. The van der Waals surface area contributed by atoms with Gasteiger partial charge in [-0.1, -0.05) is 30.3 Å². The number of aliphatic hydroxyl groups is 1. The van der Waals surface area contributed by atoms with Crippen molar-refractivity contribution >= 4 is 16.9 Å². The van der Waals surface area contributed by atoms with Crippen LogP contribution in [0.3, 0.4) is 0 Å². The van der Waals surface area contributed by atoms with Gasteiger partial charge in [-0.3, -0.25) is 9.36 Å². The SMILES string of the molecule is CN(C(=O)c1ccc2c(c1)[nH]c(=O)n2C)C(CCO)c1ccccc1. The highest BCUT2D eigenvalue weighted by atomic mass is 16.3. The van der Waals surface area contributed by atoms with Crippen molar-refractivity contribution in [2.24, 2.45) is 7.05 Å². The van der Waals surface area contributed by atoms with Crippen molar-refractivity contribution < 1.29 is 9.90 Å². The molecule has 1 aromatic heterocycles. The zero-order valence-electron chi connectivity index (χ0n) is 14.3. The lowest BCUT2D eigenvalue weighted by Gasteiger charge is -2.28. The van der Waals surface area contributed by atoms with Crippen LogP contribution in [0, 0.1) is 0 Å². The minimum absolute atomic E-state index is 0.0117. The predicted molar refractivity (Wildman–Crippen MR) is 96.5 cm³/mol. The van der Waals surface area contributed by atoms with Crippen LogP contribution in [0.1, 0.15) is 28.4 Å². The number of nitrogens with one attached hydrogen (secondary N) is 1. The van der Waals surface area contributed by atoms with Gasteiger partial charge in [0.2, 0.25) is 0 Å². The number of hydrogen-bond acceptors (Lipinski definition) is 3. The number of aryl methyl sites for hydroxylation is 1. The number of carbonyl (C=O) groups is 1. The Hall–Kier alpha value is -2.86. The van der Waals surface area contributed by atoms with Gasteiger partial charge in [0.1, 0.15) is 0 Å². The Morgan fingerprint density at radius 1 is 1.24 bits per heavy atom. The van der Waals surface area contributed by atoms with Gasteiger partial charge in [0.15, 0.2) is 0 Å². The molecule has 0 aliphatic carbocycles. The Balaban J connectivity index is 1.94. The first-order valence-corrected chi connectivity index (χ1v) is 8.14. The van der Waals surface area contributed by atoms with Crippen molar-refractivity contribution in [3.63, 3.8) is 0 Å². The Morgan fingerprint density at radius 3 is 2.64 bits per heavy atom. The first-order chi connectivity index (χ1) is 12.0. The summed E-state index contributed by atoms with van der Waals surface area (Å²) in [5.74, 6) is -0.158. The van der Waals surface area contributed by atoms with Crippen molar-refractivity contribution in [2.45, 2.75) is 12.5 Å². The minimum atomic E-state index is -0.218. The fraction of sp³-hybridized carbons (Fsp3) is 0.263. The summed E-state index contributed by atoms with van der Waals surface area (Å²) in [6, 6.07) is 14.6. The van der Waals surface area contributed by atoms with Crippen LogP contribution < -0.4 is 5.69 Å². The maximum atomic E-state index is 12.9. The van der Waals surface area contributed by atoms with Gasteiger partial charge < -0.3 is 15.0 Å². The highest BCUT2D eigenvalue weighted by Crippen LogP contribution is 2.25. The third-order valence-corrected chi connectivity index (χ3v) is 4.53. The smallest absolute Gasteiger partial charge is 0.326 e. The Bertz CT molecular complexity index is 943. The molecule has 0 spiro atoms. The van der Waals surface area contributed by atoms with E-state index in [1.807, 2.05) is 30.3 Å². The minimum Gasteiger partial charge on any atom is -0.396 e. The van der Waals surface area contributed by atoms with Crippen molar-refractivity contribution in [3.05, 3.63) is 70.1 Å². The highest BCUT2D eigenvalue weighted by Gasteiger charge is 2.22. The molecule has 0 radical (unpaired) electrons. The number of fused-ring (bicyclic) bond motifs is 1. The molecule has 0 aliphatic rings.